The van der Waals surface area contributed by atoms with Gasteiger partial charge in [0, 0.05) is 16.6 Å². The molecule has 1 N–H and O–H groups in total. The van der Waals surface area contributed by atoms with Gasteiger partial charge in [0.05, 0.1) is 12.3 Å². The Bertz CT molecular complexity index is 1210. The molecule has 2 aliphatic heterocycles. The molecule has 5 nitrogen and oxygen atoms in total. The first kappa shape index (κ1) is 21.5. The summed E-state index contributed by atoms with van der Waals surface area (Å²) in [7, 11) is 0. The molecule has 0 saturated heterocycles. The molecule has 0 saturated carbocycles. The fourth-order valence-electron chi connectivity index (χ4n) is 4.38. The summed E-state index contributed by atoms with van der Waals surface area (Å²) in [4.78, 5) is 13.1. The average molecular weight is 460 g/mol. The number of aryl methyl sites for hydroxylation is 1. The van der Waals surface area contributed by atoms with Gasteiger partial charge in [0.15, 0.2) is 0 Å². The van der Waals surface area contributed by atoms with Crippen molar-refractivity contribution in [3.8, 4) is 5.75 Å². The van der Waals surface area contributed by atoms with E-state index in [9.17, 15) is 4.79 Å². The Kier molecular flexibility index (Phi) is 5.59. The molecule has 33 heavy (non-hydrogen) atoms. The zero-order valence-electron chi connectivity index (χ0n) is 18.7. The lowest BCUT2D eigenvalue weighted by Crippen LogP contribution is -2.33. The van der Waals surface area contributed by atoms with Crippen LogP contribution in [-0.4, -0.2) is 28.9 Å². The van der Waals surface area contributed by atoms with Crippen LogP contribution in [0.4, 0.5) is 10.5 Å². The van der Waals surface area contributed by atoms with Crippen LogP contribution in [0.5, 0.6) is 5.75 Å². The molecule has 6 heteroatoms. The Morgan fingerprint density at radius 1 is 1.09 bits per heavy atom. The third-order valence-electron chi connectivity index (χ3n) is 6.18. The molecule has 2 heterocycles. The van der Waals surface area contributed by atoms with Crippen molar-refractivity contribution in [1.82, 2.24) is 5.01 Å². The highest BCUT2D eigenvalue weighted by Gasteiger charge is 2.32. The summed E-state index contributed by atoms with van der Waals surface area (Å²) in [6.45, 7) is 4.66. The summed E-state index contributed by atoms with van der Waals surface area (Å²) in [5.74, 6) is 0.870. The van der Waals surface area contributed by atoms with Gasteiger partial charge >= 0.3 is 6.03 Å². The summed E-state index contributed by atoms with van der Waals surface area (Å²) < 4.78 is 6.06. The molecule has 0 spiro atoms. The number of hydrogen-bond acceptors (Lipinski definition) is 3. The van der Waals surface area contributed by atoms with Crippen LogP contribution in [0.3, 0.4) is 0 Å². The molecule has 2 aliphatic rings. The summed E-state index contributed by atoms with van der Waals surface area (Å²) in [5.41, 5.74) is 4.63. The van der Waals surface area contributed by atoms with Gasteiger partial charge in [0.25, 0.3) is 0 Å². The molecule has 3 aromatic carbocycles. The Labute approximate surface area is 199 Å². The van der Waals surface area contributed by atoms with E-state index in [1.807, 2.05) is 60.7 Å². The molecule has 3 aromatic rings. The summed E-state index contributed by atoms with van der Waals surface area (Å²) in [5, 5.41) is 9.91. The number of halogens is 1. The van der Waals surface area contributed by atoms with Crippen LogP contribution in [0.1, 0.15) is 42.9 Å². The smallest absolute Gasteiger partial charge is 0.342 e. The molecule has 0 aromatic heterocycles. The van der Waals surface area contributed by atoms with Crippen molar-refractivity contribution in [1.29, 1.82) is 0 Å². The number of hydrogen-bond donors (Lipinski definition) is 1. The molecular formula is C27H26ClN3O2. The fraction of sp³-hybridized carbons (Fsp3) is 0.259. The number of carbonyl (C=O) groups is 1. The second kappa shape index (κ2) is 8.56. The molecule has 5 rings (SSSR count). The van der Waals surface area contributed by atoms with E-state index >= 15 is 0 Å². The Hall–Kier alpha value is -3.31. The van der Waals surface area contributed by atoms with Crippen LogP contribution in [0.25, 0.3) is 0 Å². The first-order chi connectivity index (χ1) is 15.9. The maximum absolute atomic E-state index is 13.1. The Morgan fingerprint density at radius 3 is 2.61 bits per heavy atom. The average Bonchev–Trinajstić information content (AvgIpc) is 3.26. The molecule has 2 amide bonds. The predicted octanol–water partition coefficient (Wildman–Crippen LogP) is 6.48. The molecule has 0 bridgehead atoms. The van der Waals surface area contributed by atoms with Crippen molar-refractivity contribution in [3.63, 3.8) is 0 Å². The summed E-state index contributed by atoms with van der Waals surface area (Å²) in [6, 6.07) is 23.3. The van der Waals surface area contributed by atoms with E-state index in [0.29, 0.717) is 11.6 Å². The number of fused-ring (bicyclic) bond motifs is 1. The molecule has 168 valence electrons. The van der Waals surface area contributed by atoms with Gasteiger partial charge in [-0.25, -0.2) is 9.80 Å². The molecular weight excluding hydrogens is 434 g/mol. The maximum Gasteiger partial charge on any atom is 0.342 e. The van der Waals surface area contributed by atoms with Crippen molar-refractivity contribution in [3.05, 3.63) is 94.5 Å². The summed E-state index contributed by atoms with van der Waals surface area (Å²) >= 11 is 6.08. The van der Waals surface area contributed by atoms with Crippen molar-refractivity contribution < 1.29 is 9.53 Å². The Balaban J connectivity index is 1.38. The van der Waals surface area contributed by atoms with Crippen LogP contribution in [0.15, 0.2) is 77.9 Å². The lowest BCUT2D eigenvalue weighted by molar-refractivity contribution is 0.0847. The van der Waals surface area contributed by atoms with Crippen molar-refractivity contribution in [2.45, 2.75) is 38.2 Å². The van der Waals surface area contributed by atoms with E-state index in [1.54, 1.807) is 0 Å². The zero-order chi connectivity index (χ0) is 23.0. The highest BCUT2D eigenvalue weighted by molar-refractivity contribution is 6.30. The molecule has 0 radical (unpaired) electrons. The zero-order valence-corrected chi connectivity index (χ0v) is 19.5. The summed E-state index contributed by atoms with van der Waals surface area (Å²) in [6.07, 6.45) is 1.86. The topological polar surface area (TPSA) is 53.9 Å². The van der Waals surface area contributed by atoms with E-state index in [2.05, 4.69) is 31.3 Å². The van der Waals surface area contributed by atoms with Gasteiger partial charge in [-0.15, -0.1) is 0 Å². The van der Waals surface area contributed by atoms with Crippen LogP contribution in [-0.2, 0) is 6.42 Å². The third kappa shape index (κ3) is 4.60. The van der Waals surface area contributed by atoms with E-state index in [-0.39, 0.29) is 17.6 Å². The molecule has 0 aliphatic carbocycles. The number of hydrazone groups is 1. The number of nitrogens with one attached hydrogen (secondary N) is 1. The number of rotatable bonds is 3. The lowest BCUT2D eigenvalue weighted by atomic mass is 9.91. The minimum absolute atomic E-state index is 0.0164. The first-order valence-electron chi connectivity index (χ1n) is 11.2. The van der Waals surface area contributed by atoms with Gasteiger partial charge < -0.3 is 10.1 Å². The van der Waals surface area contributed by atoms with Gasteiger partial charge in [-0.1, -0.05) is 54.1 Å². The first-order valence-corrected chi connectivity index (χ1v) is 11.6. The van der Waals surface area contributed by atoms with Gasteiger partial charge in [-0.3, -0.25) is 0 Å². The highest BCUT2D eigenvalue weighted by Crippen LogP contribution is 2.35. The van der Waals surface area contributed by atoms with Crippen LogP contribution in [0.2, 0.25) is 5.02 Å². The number of carbonyl (C=O) groups excluding carboxylic acids is 1. The van der Waals surface area contributed by atoms with Crippen LogP contribution in [0, 0.1) is 0 Å². The largest absolute Gasteiger partial charge is 0.488 e. The monoisotopic (exact) mass is 459 g/mol. The van der Waals surface area contributed by atoms with Gasteiger partial charge in [0.1, 0.15) is 11.4 Å². The standard InChI is InChI=1S/C27H26ClN3O2/c1-27(2)15-14-20-16-22(12-13-24(20)33-27)29-26(32)31-17-23(18-6-4-3-5-7-18)25(30-31)19-8-10-21(28)11-9-19/h3-13,16,23H,14-15,17H2,1-2H3,(H,29,32). The molecule has 1 unspecified atom stereocenters. The normalized spacial score (nSPS) is 18.8. The lowest BCUT2D eigenvalue weighted by Gasteiger charge is -2.32. The number of benzene rings is 3. The van der Waals surface area contributed by atoms with E-state index in [1.165, 1.54) is 5.01 Å². The minimum atomic E-state index is -0.253. The SMILES string of the molecule is CC1(C)CCc2cc(NC(=O)N3CC(c4ccccc4)C(c4ccc(Cl)cc4)=N3)ccc2O1. The van der Waals surface area contributed by atoms with Gasteiger partial charge in [-0.2, -0.15) is 5.10 Å². The minimum Gasteiger partial charge on any atom is -0.488 e. The second-order valence-corrected chi connectivity index (χ2v) is 9.59. The maximum atomic E-state index is 13.1. The number of nitrogens with zero attached hydrogens (tertiary/aromatic N) is 2. The molecule has 1 atom stereocenters. The number of urea groups is 1. The van der Waals surface area contributed by atoms with Crippen LogP contribution < -0.4 is 10.1 Å². The van der Waals surface area contributed by atoms with Crippen molar-refractivity contribution in [2.24, 2.45) is 5.10 Å². The fourth-order valence-corrected chi connectivity index (χ4v) is 4.51. The van der Waals surface area contributed by atoms with Gasteiger partial charge in [-0.05, 0) is 73.7 Å². The highest BCUT2D eigenvalue weighted by atomic mass is 35.5. The number of anilines is 1. The van der Waals surface area contributed by atoms with E-state index < -0.39 is 0 Å². The predicted molar refractivity (Wildman–Crippen MR) is 132 cm³/mol. The van der Waals surface area contributed by atoms with Crippen LogP contribution >= 0.6 is 11.6 Å². The van der Waals surface area contributed by atoms with E-state index in [4.69, 9.17) is 21.4 Å². The quantitative estimate of drug-likeness (QED) is 0.487. The molecule has 0 fully saturated rings. The van der Waals surface area contributed by atoms with Crippen molar-refractivity contribution >= 4 is 29.0 Å². The third-order valence-corrected chi connectivity index (χ3v) is 6.44. The number of amides is 2. The second-order valence-electron chi connectivity index (χ2n) is 9.15. The Morgan fingerprint density at radius 2 is 1.85 bits per heavy atom. The van der Waals surface area contributed by atoms with E-state index in [0.717, 1.165) is 46.7 Å². The van der Waals surface area contributed by atoms with Crippen molar-refractivity contribution in [2.75, 3.05) is 11.9 Å². The number of ether oxygens (including phenoxy) is 1. The van der Waals surface area contributed by atoms with Gasteiger partial charge in [0.2, 0.25) is 0 Å².